The van der Waals surface area contributed by atoms with E-state index in [-0.39, 0.29) is 24.5 Å². The number of ether oxygens (including phenoxy) is 1. The Kier molecular flexibility index (Phi) is 9.11. The predicted octanol–water partition coefficient (Wildman–Crippen LogP) is 6.01. The average molecular weight is 525 g/mol. The third-order valence-corrected chi connectivity index (χ3v) is 6.86. The zero-order valence-electron chi connectivity index (χ0n) is 20.3. The SMILES string of the molecule is CC[C@@H](C)NC(=O)[C@@H](CC)N(Cc1ccc(C)cc1)C(=O)COc1ccc2ccccc2c1Br. The average Bonchev–Trinajstić information content (AvgIpc) is 2.84. The fourth-order valence-electron chi connectivity index (χ4n) is 3.80. The molecule has 1 N–H and O–H groups in total. The van der Waals surface area contributed by atoms with Gasteiger partial charge in [0.1, 0.15) is 11.8 Å². The monoisotopic (exact) mass is 524 g/mol. The fourth-order valence-corrected chi connectivity index (χ4v) is 4.41. The maximum atomic E-state index is 13.4. The van der Waals surface area contributed by atoms with Crippen molar-refractivity contribution in [1.29, 1.82) is 0 Å². The number of nitrogens with one attached hydrogen (secondary N) is 1. The van der Waals surface area contributed by atoms with Crippen LogP contribution in [0.5, 0.6) is 5.75 Å². The number of hydrogen-bond donors (Lipinski definition) is 1. The molecule has 180 valence electrons. The topological polar surface area (TPSA) is 58.6 Å². The van der Waals surface area contributed by atoms with Gasteiger partial charge >= 0.3 is 0 Å². The number of rotatable bonds is 10. The van der Waals surface area contributed by atoms with Gasteiger partial charge in [0, 0.05) is 12.6 Å². The van der Waals surface area contributed by atoms with Crippen molar-refractivity contribution in [2.24, 2.45) is 0 Å². The van der Waals surface area contributed by atoms with Crippen LogP contribution in [0.25, 0.3) is 10.8 Å². The van der Waals surface area contributed by atoms with Crippen molar-refractivity contribution in [2.45, 2.75) is 59.2 Å². The van der Waals surface area contributed by atoms with E-state index in [1.165, 1.54) is 0 Å². The van der Waals surface area contributed by atoms with Gasteiger partial charge in [-0.1, -0.05) is 74.0 Å². The normalized spacial score (nSPS) is 12.7. The molecule has 3 aromatic carbocycles. The van der Waals surface area contributed by atoms with Crippen molar-refractivity contribution in [2.75, 3.05) is 6.61 Å². The molecular weight excluding hydrogens is 492 g/mol. The number of benzene rings is 3. The minimum Gasteiger partial charge on any atom is -0.483 e. The first-order chi connectivity index (χ1) is 16.3. The molecule has 3 aromatic rings. The lowest BCUT2D eigenvalue weighted by molar-refractivity contribution is -0.143. The van der Waals surface area contributed by atoms with Gasteiger partial charge in [0.15, 0.2) is 6.61 Å². The van der Waals surface area contributed by atoms with Gasteiger partial charge in [0.2, 0.25) is 5.91 Å². The molecule has 3 rings (SSSR count). The summed E-state index contributed by atoms with van der Waals surface area (Å²) in [5.74, 6) is 0.232. The van der Waals surface area contributed by atoms with Crippen LogP contribution in [0.15, 0.2) is 65.1 Å². The molecule has 5 nitrogen and oxygen atoms in total. The van der Waals surface area contributed by atoms with Gasteiger partial charge in [-0.05, 0) is 65.0 Å². The smallest absolute Gasteiger partial charge is 0.261 e. The van der Waals surface area contributed by atoms with Gasteiger partial charge in [0.25, 0.3) is 5.91 Å². The van der Waals surface area contributed by atoms with Gasteiger partial charge in [-0.3, -0.25) is 9.59 Å². The van der Waals surface area contributed by atoms with Crippen molar-refractivity contribution in [1.82, 2.24) is 10.2 Å². The van der Waals surface area contributed by atoms with E-state index in [4.69, 9.17) is 4.74 Å². The zero-order valence-corrected chi connectivity index (χ0v) is 21.9. The summed E-state index contributed by atoms with van der Waals surface area (Å²) >= 11 is 3.62. The lowest BCUT2D eigenvalue weighted by atomic mass is 10.1. The molecule has 0 heterocycles. The summed E-state index contributed by atoms with van der Waals surface area (Å²) in [5.41, 5.74) is 2.12. The van der Waals surface area contributed by atoms with Gasteiger partial charge in [-0.2, -0.15) is 0 Å². The van der Waals surface area contributed by atoms with E-state index in [1.54, 1.807) is 4.90 Å². The van der Waals surface area contributed by atoms with Crippen LogP contribution >= 0.6 is 15.9 Å². The molecule has 0 saturated carbocycles. The molecule has 0 saturated heterocycles. The molecule has 2 atom stereocenters. The Labute approximate surface area is 210 Å². The van der Waals surface area contributed by atoms with Crippen LogP contribution in [0.3, 0.4) is 0 Å². The number of fused-ring (bicyclic) bond motifs is 1. The fraction of sp³-hybridized carbons (Fsp3) is 0.357. The first-order valence-electron chi connectivity index (χ1n) is 11.8. The largest absolute Gasteiger partial charge is 0.483 e. The lowest BCUT2D eigenvalue weighted by Crippen LogP contribution is -2.51. The van der Waals surface area contributed by atoms with Crippen molar-refractivity contribution in [3.05, 3.63) is 76.3 Å². The predicted molar refractivity (Wildman–Crippen MR) is 141 cm³/mol. The molecule has 0 bridgehead atoms. The summed E-state index contributed by atoms with van der Waals surface area (Å²) in [6.07, 6.45) is 1.34. The molecule has 6 heteroatoms. The maximum Gasteiger partial charge on any atom is 0.261 e. The van der Waals surface area contributed by atoms with Gasteiger partial charge < -0.3 is 15.0 Å². The highest BCUT2D eigenvalue weighted by Gasteiger charge is 2.29. The molecule has 0 spiro atoms. The van der Waals surface area contributed by atoms with E-state index in [0.717, 1.165) is 32.8 Å². The summed E-state index contributed by atoms with van der Waals surface area (Å²) in [7, 11) is 0. The second-order valence-electron chi connectivity index (χ2n) is 8.64. The zero-order chi connectivity index (χ0) is 24.7. The van der Waals surface area contributed by atoms with E-state index in [9.17, 15) is 9.59 Å². The number of carbonyl (C=O) groups excluding carboxylic acids is 2. The van der Waals surface area contributed by atoms with Crippen molar-refractivity contribution in [3.8, 4) is 5.75 Å². The number of aryl methyl sites for hydroxylation is 1. The highest BCUT2D eigenvalue weighted by atomic mass is 79.9. The molecule has 0 fully saturated rings. The van der Waals surface area contributed by atoms with E-state index in [1.807, 2.05) is 88.4 Å². The van der Waals surface area contributed by atoms with E-state index in [2.05, 4.69) is 21.2 Å². The van der Waals surface area contributed by atoms with Crippen LogP contribution in [0.1, 0.15) is 44.7 Å². The number of hydrogen-bond acceptors (Lipinski definition) is 3. The minimum atomic E-state index is -0.577. The molecule has 2 amide bonds. The second-order valence-corrected chi connectivity index (χ2v) is 9.43. The quantitative estimate of drug-likeness (QED) is 0.353. The third-order valence-electron chi connectivity index (χ3n) is 6.04. The van der Waals surface area contributed by atoms with Crippen LogP contribution in [-0.2, 0) is 16.1 Å². The maximum absolute atomic E-state index is 13.4. The second kappa shape index (κ2) is 12.0. The van der Waals surface area contributed by atoms with E-state index in [0.29, 0.717) is 18.7 Å². The van der Waals surface area contributed by atoms with Crippen molar-refractivity contribution < 1.29 is 14.3 Å². The van der Waals surface area contributed by atoms with Crippen molar-refractivity contribution in [3.63, 3.8) is 0 Å². The van der Waals surface area contributed by atoms with Crippen LogP contribution in [0, 0.1) is 6.92 Å². The number of carbonyl (C=O) groups is 2. The van der Waals surface area contributed by atoms with Gasteiger partial charge in [0.05, 0.1) is 4.47 Å². The van der Waals surface area contributed by atoms with Crippen LogP contribution in [0.4, 0.5) is 0 Å². The highest BCUT2D eigenvalue weighted by molar-refractivity contribution is 9.10. The molecule has 0 aliphatic heterocycles. The molecule has 0 aliphatic carbocycles. The van der Waals surface area contributed by atoms with Gasteiger partial charge in [-0.15, -0.1) is 0 Å². The number of halogens is 1. The Hall–Kier alpha value is -2.86. The Bertz CT molecular complexity index is 1130. The Balaban J connectivity index is 1.82. The Morgan fingerprint density at radius 1 is 1.00 bits per heavy atom. The summed E-state index contributed by atoms with van der Waals surface area (Å²) < 4.78 is 6.76. The summed E-state index contributed by atoms with van der Waals surface area (Å²) in [6, 6.07) is 19.3. The van der Waals surface area contributed by atoms with Crippen LogP contribution in [-0.4, -0.2) is 35.4 Å². The molecular formula is C28H33BrN2O3. The summed E-state index contributed by atoms with van der Waals surface area (Å²) in [5, 5.41) is 5.13. The van der Waals surface area contributed by atoms with E-state index >= 15 is 0 Å². The number of amides is 2. The summed E-state index contributed by atoms with van der Waals surface area (Å²) in [4.78, 5) is 28.1. The van der Waals surface area contributed by atoms with E-state index < -0.39 is 6.04 Å². The van der Waals surface area contributed by atoms with Gasteiger partial charge in [-0.25, -0.2) is 0 Å². The molecule has 0 aromatic heterocycles. The first-order valence-corrected chi connectivity index (χ1v) is 12.6. The lowest BCUT2D eigenvalue weighted by Gasteiger charge is -2.31. The third kappa shape index (κ3) is 6.38. The van der Waals surface area contributed by atoms with Crippen molar-refractivity contribution >= 4 is 38.5 Å². The van der Waals surface area contributed by atoms with Crippen LogP contribution in [0.2, 0.25) is 0 Å². The Morgan fingerprint density at radius 2 is 1.71 bits per heavy atom. The molecule has 0 unspecified atom stereocenters. The molecule has 34 heavy (non-hydrogen) atoms. The highest BCUT2D eigenvalue weighted by Crippen LogP contribution is 2.33. The van der Waals surface area contributed by atoms with Crippen LogP contribution < -0.4 is 10.1 Å². The Morgan fingerprint density at radius 3 is 2.38 bits per heavy atom. The molecule has 0 radical (unpaired) electrons. The number of nitrogens with zero attached hydrogens (tertiary/aromatic N) is 1. The molecule has 0 aliphatic rings. The summed E-state index contributed by atoms with van der Waals surface area (Å²) in [6.45, 7) is 8.13. The first kappa shape index (κ1) is 25.8. The minimum absolute atomic E-state index is 0.0442. The standard InChI is InChI=1S/C28H33BrN2O3/c1-5-20(4)30-28(33)24(6-2)31(17-21-13-11-19(3)12-14-21)26(32)18-34-25-16-15-22-9-7-8-10-23(22)27(25)29/h7-16,20,24H,5-6,17-18H2,1-4H3,(H,30,33)/t20-,24-/m1/s1.